The van der Waals surface area contributed by atoms with Crippen molar-refractivity contribution >= 4 is 72.1 Å². The number of aliphatic carboxylic acids is 4. The van der Waals surface area contributed by atoms with E-state index in [0.29, 0.717) is 125 Å². The number of hydrogen-bond acceptors (Lipinski definition) is 32. The van der Waals surface area contributed by atoms with Gasteiger partial charge < -0.3 is 136 Å². The maximum Gasteiger partial charge on any atom is 0.407 e. The third kappa shape index (κ3) is 47.2. The lowest BCUT2D eigenvalue weighted by Crippen LogP contribution is -2.31. The highest BCUT2D eigenvalue weighted by Crippen LogP contribution is 2.41. The van der Waals surface area contributed by atoms with Crippen LogP contribution in [0.15, 0.2) is 72.8 Å². The minimum absolute atomic E-state index is 0.0276. The average molecular weight is 2010 g/mol. The molecule has 4 aromatic rings. The van der Waals surface area contributed by atoms with Crippen molar-refractivity contribution in [2.75, 3.05) is 132 Å². The van der Waals surface area contributed by atoms with E-state index in [1.54, 1.807) is 24.3 Å². The van der Waals surface area contributed by atoms with Gasteiger partial charge in [-0.25, -0.2) is 36.7 Å². The molecule has 0 radical (unpaired) electrons. The lowest BCUT2D eigenvalue weighted by Gasteiger charge is -2.34. The quantitative estimate of drug-likeness (QED) is 0.00881. The molecular formula is C97H132F4N4O36. The first-order valence-electron chi connectivity index (χ1n) is 48.0. The molecule has 0 spiro atoms. The minimum Gasteiger partial charge on any atom is -0.490 e. The molecule has 8 rings (SSSR count). The Morgan fingerprint density at radius 3 is 0.695 bits per heavy atom. The number of alkyl carbamates (subject to hydrolysis) is 4. The van der Waals surface area contributed by atoms with Crippen LogP contribution in [0.5, 0.6) is 23.0 Å². The first kappa shape index (κ1) is 115. The lowest BCUT2D eigenvalue weighted by molar-refractivity contribution is -0.145. The van der Waals surface area contributed by atoms with Crippen molar-refractivity contribution in [2.45, 2.75) is 255 Å². The van der Waals surface area contributed by atoms with Gasteiger partial charge in [0.25, 0.3) is 0 Å². The second kappa shape index (κ2) is 65.4. The van der Waals surface area contributed by atoms with E-state index < -0.39 is 126 Å². The summed E-state index contributed by atoms with van der Waals surface area (Å²) in [6, 6.07) is 17.0. The number of rotatable bonds is 72. The number of halogens is 4. The predicted molar refractivity (Wildman–Crippen MR) is 484 cm³/mol. The number of carbonyl (C=O) groups is 12. The van der Waals surface area contributed by atoms with E-state index in [9.17, 15) is 57.5 Å². The van der Waals surface area contributed by atoms with Gasteiger partial charge in [0.05, 0.1) is 130 Å². The first-order chi connectivity index (χ1) is 68.1. The Morgan fingerprint density at radius 2 is 0.489 bits per heavy atom. The van der Waals surface area contributed by atoms with E-state index in [1.807, 2.05) is 0 Å². The Bertz CT molecular complexity index is 3980. The fraction of sp³-hybridized carbons (Fsp3) is 0.629. The Kier molecular flexibility index (Phi) is 53.2. The molecule has 784 valence electrons. The van der Waals surface area contributed by atoms with Gasteiger partial charge in [-0.05, 0) is 208 Å². The molecule has 40 nitrogen and oxygen atoms in total. The van der Waals surface area contributed by atoms with Gasteiger partial charge in [-0.2, -0.15) is 0 Å². The van der Waals surface area contributed by atoms with Gasteiger partial charge in [-0.3, -0.25) is 38.4 Å². The van der Waals surface area contributed by atoms with Gasteiger partial charge in [0, 0.05) is 99.8 Å². The van der Waals surface area contributed by atoms with Crippen LogP contribution < -0.4 is 40.2 Å². The number of amides is 4. The van der Waals surface area contributed by atoms with Crippen LogP contribution in [0.4, 0.5) is 36.7 Å². The van der Waals surface area contributed by atoms with Crippen molar-refractivity contribution in [1.29, 1.82) is 0 Å². The largest absolute Gasteiger partial charge is 0.490 e. The molecule has 0 saturated carbocycles. The molecule has 44 heteroatoms. The molecule has 4 aliphatic rings. The number of hydrogen-bond donors (Lipinski definition) is 8. The van der Waals surface area contributed by atoms with Gasteiger partial charge >= 0.3 is 72.1 Å². The van der Waals surface area contributed by atoms with Crippen LogP contribution in [0, 0.1) is 28.7 Å². The van der Waals surface area contributed by atoms with Gasteiger partial charge in [0.2, 0.25) is 0 Å². The van der Waals surface area contributed by atoms with Crippen molar-refractivity contribution in [3.8, 4) is 23.0 Å². The molecule has 0 bridgehead atoms. The summed E-state index contributed by atoms with van der Waals surface area (Å²) in [6.45, 7) is 1.38. The van der Waals surface area contributed by atoms with Gasteiger partial charge in [0.1, 0.15) is 0 Å². The van der Waals surface area contributed by atoms with Gasteiger partial charge in [0.15, 0.2) is 71.4 Å². The average Bonchev–Trinajstić information content (AvgIpc) is 1.62. The van der Waals surface area contributed by atoms with Crippen LogP contribution in [-0.4, -0.2) is 249 Å². The molecule has 8 N–H and O–H groups in total. The smallest absolute Gasteiger partial charge is 0.407 e. The van der Waals surface area contributed by atoms with E-state index in [2.05, 4.69) is 21.3 Å². The topological polar surface area (TPSA) is 518 Å². The molecule has 8 atom stereocenters. The number of unbranched alkanes of at least 4 members (excludes halogenated alkanes) is 4. The molecule has 0 aromatic heterocycles. The van der Waals surface area contributed by atoms with E-state index in [1.165, 1.54) is 48.5 Å². The van der Waals surface area contributed by atoms with Crippen LogP contribution in [0.25, 0.3) is 0 Å². The Hall–Kier alpha value is -11.7. The maximum atomic E-state index is 16.4. The molecule has 4 aliphatic heterocycles. The molecular weight excluding hydrogens is 1870 g/mol. The van der Waals surface area contributed by atoms with Crippen molar-refractivity contribution in [3.63, 3.8) is 0 Å². The fourth-order valence-electron chi connectivity index (χ4n) is 14.9. The zero-order valence-electron chi connectivity index (χ0n) is 79.2. The van der Waals surface area contributed by atoms with Crippen molar-refractivity contribution in [3.05, 3.63) is 118 Å². The minimum atomic E-state index is -1.04. The van der Waals surface area contributed by atoms with E-state index in [0.717, 1.165) is 0 Å². The number of esters is 4. The molecule has 4 amide bonds. The summed E-state index contributed by atoms with van der Waals surface area (Å²) in [5.74, 6) is -9.74. The molecule has 141 heavy (non-hydrogen) atoms. The zero-order valence-corrected chi connectivity index (χ0v) is 79.2. The summed E-state index contributed by atoms with van der Waals surface area (Å²) >= 11 is 0. The summed E-state index contributed by atoms with van der Waals surface area (Å²) in [6.07, 6.45) is 0.150. The number of ether oxygens (including phenoxy) is 20. The lowest BCUT2D eigenvalue weighted by atomic mass is 9.76. The van der Waals surface area contributed by atoms with Gasteiger partial charge in [-0.1, -0.05) is 24.3 Å². The maximum absolute atomic E-state index is 16.4. The Morgan fingerprint density at radius 1 is 0.277 bits per heavy atom. The van der Waals surface area contributed by atoms with E-state index in [4.69, 9.17) is 115 Å². The number of nitrogens with one attached hydrogen (secondary N) is 4. The van der Waals surface area contributed by atoms with Crippen molar-refractivity contribution in [2.24, 2.45) is 5.41 Å². The van der Waals surface area contributed by atoms with Gasteiger partial charge in [-0.15, -0.1) is 0 Å². The zero-order chi connectivity index (χ0) is 101. The third-order valence-corrected chi connectivity index (χ3v) is 22.6. The van der Waals surface area contributed by atoms with E-state index >= 15 is 17.6 Å². The highest BCUT2D eigenvalue weighted by Gasteiger charge is 2.36. The molecule has 4 saturated heterocycles. The number of carboxylic acids is 4. The number of carbonyl (C=O) groups excluding carboxylic acids is 8. The number of benzene rings is 4. The molecule has 0 aliphatic carbocycles. The molecule has 4 aromatic carbocycles. The highest BCUT2D eigenvalue weighted by molar-refractivity contribution is 5.74. The summed E-state index contributed by atoms with van der Waals surface area (Å²) in [5, 5.41) is 45.3. The second-order valence-corrected chi connectivity index (χ2v) is 33.9. The third-order valence-electron chi connectivity index (χ3n) is 22.6. The molecule has 4 fully saturated rings. The van der Waals surface area contributed by atoms with Crippen LogP contribution >= 0.6 is 0 Å². The van der Waals surface area contributed by atoms with Crippen LogP contribution in [-0.2, 0) is 114 Å². The molecule has 8 unspecified atom stereocenters. The SMILES string of the molecule is O=C(O)CCCC(=O)OCCCNC(=O)OCCCCC1COC(c2ccc(OCCC(CCOc3ccc(C4OCC(CCCCOC(=O)NCCCOC(=O)CCCC(=O)O)O4)cc3F)(CCOc3ccc(C4OCC(CCCCOC(=O)NCCCOC(=O)CCCC(=O)O)O4)cc3F)CCOc3ccc(C4OCC(CCCCOC(=O)NCCCOC(=O)CCCC(=O)O)O4)cc3F)c(F)c2)O1. The van der Waals surface area contributed by atoms with Crippen molar-refractivity contribution < 1.29 is 190 Å². The standard InChI is InChI=1S/C97H132F4N4O36/c98-73-57-65(89-134-61-69(138-89)17-1-5-45-130-93(118)102-41-13-49-126-85(114)25-9-21-81(106)107)29-33-77(73)122-53-37-97(38-54-123-78-34-30-66(58-74(78)99)90-135-62-70(139-90)18-2-6-46-131-94(119)103-42-14-50-127-86(115)26-10-22-82(108)109,39-55-124-79-35-31-67(59-75(79)100)91-136-63-71(140-91)19-3-7-47-132-95(120)104-43-15-51-128-87(116)27-11-23-83(110)111)40-56-125-80-36-32-68(60-76(80)101)92-137-64-72(141-92)20-4-8-48-133-96(121)105-44-16-52-129-88(117)28-12-24-84(112)113/h29-36,57-60,69-72,89-92H,1-28,37-56,61-64H2,(H,102,118)(H,103,119)(H,104,120)(H,105,121)(H,106,107)(H,108,109)(H,110,111)(H,112,113). The van der Waals surface area contributed by atoms with E-state index in [-0.39, 0.29) is 282 Å². The summed E-state index contributed by atoms with van der Waals surface area (Å²) in [5.41, 5.74) is 0.395. The summed E-state index contributed by atoms with van der Waals surface area (Å²) < 4.78 is 180. The molecule has 4 heterocycles. The van der Waals surface area contributed by atoms with Crippen LogP contribution in [0.1, 0.15) is 253 Å². The highest BCUT2D eigenvalue weighted by atomic mass is 19.1. The Balaban J connectivity index is 0.886. The second-order valence-electron chi connectivity index (χ2n) is 33.9. The van der Waals surface area contributed by atoms with Crippen LogP contribution in [0.3, 0.4) is 0 Å². The van der Waals surface area contributed by atoms with Crippen LogP contribution in [0.2, 0.25) is 0 Å². The van der Waals surface area contributed by atoms with Crippen molar-refractivity contribution in [1.82, 2.24) is 21.3 Å². The predicted octanol–water partition coefficient (Wildman–Crippen LogP) is 14.4. The normalized spacial score (nSPS) is 17.9. The fourth-order valence-corrected chi connectivity index (χ4v) is 14.9. The Labute approximate surface area is 813 Å². The summed E-state index contributed by atoms with van der Waals surface area (Å²) in [4.78, 5) is 139. The first-order valence-corrected chi connectivity index (χ1v) is 48.0. The monoisotopic (exact) mass is 2000 g/mol. The summed E-state index contributed by atoms with van der Waals surface area (Å²) in [7, 11) is 0. The number of carboxylic acid groups (broad SMARTS) is 4.